The summed E-state index contributed by atoms with van der Waals surface area (Å²) in [6.07, 6.45) is -1.18. The molecule has 5 N–H and O–H groups in total. The zero-order valence-corrected chi connectivity index (χ0v) is 10.2. The van der Waals surface area contributed by atoms with Crippen molar-refractivity contribution in [3.63, 3.8) is 0 Å². The van der Waals surface area contributed by atoms with Crippen molar-refractivity contribution < 1.29 is 19.8 Å². The van der Waals surface area contributed by atoms with Gasteiger partial charge in [0.1, 0.15) is 11.9 Å². The molecular formula is C12H16N2O4. The smallest absolute Gasteiger partial charge is 0.253 e. The highest BCUT2D eigenvalue weighted by Crippen LogP contribution is 2.21. The molecule has 1 atom stereocenters. The molecule has 0 heterocycles. The van der Waals surface area contributed by atoms with Crippen LogP contribution in [0.5, 0.6) is 5.75 Å². The lowest BCUT2D eigenvalue weighted by Gasteiger charge is -2.15. The zero-order chi connectivity index (χ0) is 13.9. The van der Waals surface area contributed by atoms with Crippen molar-refractivity contribution in [2.75, 3.05) is 5.32 Å². The Kier molecular flexibility index (Phi) is 4.28. The van der Waals surface area contributed by atoms with E-state index in [4.69, 9.17) is 5.73 Å². The van der Waals surface area contributed by atoms with Crippen LogP contribution in [0.4, 0.5) is 5.69 Å². The number of phenols is 1. The van der Waals surface area contributed by atoms with Crippen molar-refractivity contribution in [3.8, 4) is 5.75 Å². The fourth-order valence-corrected chi connectivity index (χ4v) is 1.35. The molecule has 1 rings (SSSR count). The molecule has 0 aliphatic rings. The van der Waals surface area contributed by atoms with E-state index in [0.29, 0.717) is 0 Å². The molecule has 0 fully saturated rings. The van der Waals surface area contributed by atoms with Crippen molar-refractivity contribution in [1.29, 1.82) is 0 Å². The molecule has 0 saturated heterocycles. The predicted molar refractivity (Wildman–Crippen MR) is 66.1 cm³/mol. The number of benzene rings is 1. The summed E-state index contributed by atoms with van der Waals surface area (Å²) in [6.45, 7) is 3.38. The Morgan fingerprint density at radius 3 is 2.44 bits per heavy atom. The number of amides is 2. The summed E-state index contributed by atoms with van der Waals surface area (Å²) in [5.41, 5.74) is 5.27. The van der Waals surface area contributed by atoms with Gasteiger partial charge in [-0.05, 0) is 24.1 Å². The second-order valence-electron chi connectivity index (χ2n) is 4.27. The Morgan fingerprint density at radius 2 is 1.94 bits per heavy atom. The van der Waals surface area contributed by atoms with Crippen LogP contribution in [-0.2, 0) is 4.79 Å². The third-order valence-corrected chi connectivity index (χ3v) is 2.43. The van der Waals surface area contributed by atoms with Gasteiger partial charge in [-0.1, -0.05) is 13.8 Å². The van der Waals surface area contributed by atoms with E-state index < -0.39 is 17.9 Å². The van der Waals surface area contributed by atoms with Gasteiger partial charge in [0, 0.05) is 0 Å². The molecule has 0 radical (unpaired) electrons. The maximum absolute atomic E-state index is 11.6. The molecule has 0 aromatic heterocycles. The quantitative estimate of drug-likeness (QED) is 0.582. The van der Waals surface area contributed by atoms with E-state index in [0.717, 1.165) is 6.07 Å². The number of aliphatic hydroxyl groups excluding tert-OH is 1. The maximum Gasteiger partial charge on any atom is 0.253 e. The highest BCUT2D eigenvalue weighted by atomic mass is 16.3. The van der Waals surface area contributed by atoms with E-state index in [1.165, 1.54) is 12.1 Å². The number of aliphatic hydroxyl groups is 1. The number of nitrogens with one attached hydrogen (secondary N) is 1. The number of carbonyl (C=O) groups excluding carboxylic acids is 2. The summed E-state index contributed by atoms with van der Waals surface area (Å²) < 4.78 is 0. The summed E-state index contributed by atoms with van der Waals surface area (Å²) in [5, 5.41) is 21.2. The van der Waals surface area contributed by atoms with Crippen molar-refractivity contribution >= 4 is 17.5 Å². The Morgan fingerprint density at radius 1 is 1.33 bits per heavy atom. The normalized spacial score (nSPS) is 12.2. The molecule has 1 aromatic rings. The number of hydrogen-bond donors (Lipinski definition) is 4. The average molecular weight is 252 g/mol. The number of hydrogen-bond acceptors (Lipinski definition) is 4. The van der Waals surface area contributed by atoms with Crippen molar-refractivity contribution in [2.24, 2.45) is 11.7 Å². The number of rotatable bonds is 4. The minimum Gasteiger partial charge on any atom is -0.508 e. The number of nitrogens with two attached hydrogens (primary N) is 1. The molecule has 0 aliphatic heterocycles. The number of primary amides is 1. The fourth-order valence-electron chi connectivity index (χ4n) is 1.35. The van der Waals surface area contributed by atoms with Crippen LogP contribution in [0, 0.1) is 5.92 Å². The SMILES string of the molecule is CC(C)[C@@H](O)C(=O)Nc1ccc(O)cc1C(N)=O. The highest BCUT2D eigenvalue weighted by molar-refractivity contribution is 6.04. The number of anilines is 1. The molecule has 2 amide bonds. The average Bonchev–Trinajstić information content (AvgIpc) is 2.29. The van der Waals surface area contributed by atoms with Crippen molar-refractivity contribution in [3.05, 3.63) is 23.8 Å². The van der Waals surface area contributed by atoms with Crippen molar-refractivity contribution in [1.82, 2.24) is 0 Å². The van der Waals surface area contributed by atoms with Crippen LogP contribution >= 0.6 is 0 Å². The van der Waals surface area contributed by atoms with Gasteiger partial charge in [-0.15, -0.1) is 0 Å². The molecule has 0 saturated carbocycles. The Balaban J connectivity index is 2.98. The molecule has 0 bridgehead atoms. The standard InChI is InChI=1S/C12H16N2O4/c1-6(2)10(16)12(18)14-9-4-3-7(15)5-8(9)11(13)17/h3-6,10,15-16H,1-2H3,(H2,13,17)(H,14,18)/t10-/m1/s1. The molecule has 6 nitrogen and oxygen atoms in total. The largest absolute Gasteiger partial charge is 0.508 e. The second-order valence-corrected chi connectivity index (χ2v) is 4.27. The molecule has 1 aromatic carbocycles. The maximum atomic E-state index is 11.6. The van der Waals surface area contributed by atoms with Gasteiger partial charge in [0.15, 0.2) is 0 Å². The lowest BCUT2D eigenvalue weighted by atomic mass is 10.1. The van der Waals surface area contributed by atoms with E-state index >= 15 is 0 Å². The van der Waals surface area contributed by atoms with E-state index in [1.807, 2.05) is 0 Å². The first-order valence-corrected chi connectivity index (χ1v) is 5.44. The molecule has 0 spiro atoms. The molecule has 98 valence electrons. The summed E-state index contributed by atoms with van der Waals surface area (Å²) in [4.78, 5) is 22.8. The first kappa shape index (κ1) is 14.0. The van der Waals surface area contributed by atoms with Gasteiger partial charge >= 0.3 is 0 Å². The molecule has 6 heteroatoms. The molecule has 18 heavy (non-hydrogen) atoms. The lowest BCUT2D eigenvalue weighted by Crippen LogP contribution is -2.32. The lowest BCUT2D eigenvalue weighted by molar-refractivity contribution is -0.125. The topological polar surface area (TPSA) is 113 Å². The molecule has 0 aliphatic carbocycles. The van der Waals surface area contributed by atoms with Crippen LogP contribution in [-0.4, -0.2) is 28.1 Å². The van der Waals surface area contributed by atoms with Crippen LogP contribution < -0.4 is 11.1 Å². The Hall–Kier alpha value is -2.08. The monoisotopic (exact) mass is 252 g/mol. The van der Waals surface area contributed by atoms with Gasteiger partial charge in [0.25, 0.3) is 11.8 Å². The third kappa shape index (κ3) is 3.21. The second kappa shape index (κ2) is 5.50. The first-order chi connectivity index (χ1) is 8.32. The van der Waals surface area contributed by atoms with Crippen molar-refractivity contribution in [2.45, 2.75) is 20.0 Å². The van der Waals surface area contributed by atoms with Crippen LogP contribution in [0.2, 0.25) is 0 Å². The summed E-state index contributed by atoms with van der Waals surface area (Å²) in [5.74, 6) is -1.79. The van der Waals surface area contributed by atoms with Gasteiger partial charge in [0.2, 0.25) is 0 Å². The summed E-state index contributed by atoms with van der Waals surface area (Å²) >= 11 is 0. The summed E-state index contributed by atoms with van der Waals surface area (Å²) in [6, 6.07) is 3.81. The van der Waals surface area contributed by atoms with Gasteiger partial charge in [-0.3, -0.25) is 9.59 Å². The molecular weight excluding hydrogens is 236 g/mol. The summed E-state index contributed by atoms with van der Waals surface area (Å²) in [7, 11) is 0. The fraction of sp³-hybridized carbons (Fsp3) is 0.333. The van der Waals surface area contributed by atoms with Crippen LogP contribution in [0.25, 0.3) is 0 Å². The Bertz CT molecular complexity index is 471. The number of carbonyl (C=O) groups is 2. The van der Waals surface area contributed by atoms with Gasteiger partial charge in [-0.25, -0.2) is 0 Å². The predicted octanol–water partition coefficient (Wildman–Crippen LogP) is 0.447. The van der Waals surface area contributed by atoms with E-state index in [2.05, 4.69) is 5.32 Å². The van der Waals surface area contributed by atoms with Crippen LogP contribution in [0.15, 0.2) is 18.2 Å². The van der Waals surface area contributed by atoms with Crippen LogP contribution in [0.3, 0.4) is 0 Å². The minimum absolute atomic E-state index is 0.0145. The molecule has 0 unspecified atom stereocenters. The minimum atomic E-state index is -1.18. The van der Waals surface area contributed by atoms with E-state index in [9.17, 15) is 19.8 Å². The highest BCUT2D eigenvalue weighted by Gasteiger charge is 2.20. The van der Waals surface area contributed by atoms with Gasteiger partial charge < -0.3 is 21.3 Å². The van der Waals surface area contributed by atoms with Gasteiger partial charge in [0.05, 0.1) is 11.3 Å². The number of phenolic OH excluding ortho intramolecular Hbond substituents is 1. The van der Waals surface area contributed by atoms with E-state index in [-0.39, 0.29) is 22.9 Å². The number of aromatic hydroxyl groups is 1. The van der Waals surface area contributed by atoms with Gasteiger partial charge in [-0.2, -0.15) is 0 Å². The van der Waals surface area contributed by atoms with Crippen LogP contribution in [0.1, 0.15) is 24.2 Å². The first-order valence-electron chi connectivity index (χ1n) is 5.44. The third-order valence-electron chi connectivity index (χ3n) is 2.43. The zero-order valence-electron chi connectivity index (χ0n) is 10.2. The Labute approximate surface area is 104 Å². The van der Waals surface area contributed by atoms with E-state index in [1.54, 1.807) is 13.8 Å².